The quantitative estimate of drug-likeness (QED) is 0.587. The van der Waals surface area contributed by atoms with Crippen LogP contribution in [-0.4, -0.2) is 10.9 Å². The summed E-state index contributed by atoms with van der Waals surface area (Å²) in [5, 5.41) is 12.2. The number of fused-ring (bicyclic) bond motifs is 1. The molecule has 0 amide bonds. The molecule has 0 aromatic carbocycles. The molecule has 1 heterocycles. The zero-order chi connectivity index (χ0) is 12.8. The van der Waals surface area contributed by atoms with Gasteiger partial charge in [0.05, 0.1) is 5.71 Å². The SMILES string of the molecule is CCC.CCc1cc2c(o1)CC(C)C/C2=N/O.[HH]. The van der Waals surface area contributed by atoms with E-state index >= 15 is 0 Å². The van der Waals surface area contributed by atoms with E-state index < -0.39 is 0 Å². The summed E-state index contributed by atoms with van der Waals surface area (Å²) >= 11 is 0. The predicted molar refractivity (Wildman–Crippen MR) is 72.0 cm³/mol. The second-order valence-corrected chi connectivity index (χ2v) is 4.67. The third kappa shape index (κ3) is 3.35. The standard InChI is InChI=1S/C11H15NO2.C3H8.H2/c1-3-8-6-9-10(12-13)4-7(2)5-11(9)14-8;1-3-2;/h6-7,13H,3-5H2,1-2H3;3H2,1-2H3;1H/b12-10-;;. The Balaban J connectivity index is 0.000000660. The maximum absolute atomic E-state index is 8.88. The average molecular weight is 239 g/mol. The van der Waals surface area contributed by atoms with Gasteiger partial charge in [-0.25, -0.2) is 0 Å². The summed E-state index contributed by atoms with van der Waals surface area (Å²) in [6, 6.07) is 2.00. The Morgan fingerprint density at radius 3 is 2.59 bits per heavy atom. The van der Waals surface area contributed by atoms with Crippen LogP contribution in [0.15, 0.2) is 15.6 Å². The second kappa shape index (κ2) is 6.48. The Morgan fingerprint density at radius 1 is 1.41 bits per heavy atom. The summed E-state index contributed by atoms with van der Waals surface area (Å²) in [4.78, 5) is 0. The first-order valence-electron chi connectivity index (χ1n) is 6.49. The van der Waals surface area contributed by atoms with Crippen molar-refractivity contribution in [3.8, 4) is 0 Å². The number of nitrogens with zero attached hydrogens (tertiary/aromatic N) is 1. The van der Waals surface area contributed by atoms with Crippen molar-refractivity contribution in [2.75, 3.05) is 0 Å². The van der Waals surface area contributed by atoms with E-state index in [-0.39, 0.29) is 1.43 Å². The molecule has 1 aliphatic rings. The van der Waals surface area contributed by atoms with Gasteiger partial charge in [0.1, 0.15) is 11.5 Å². The zero-order valence-corrected chi connectivity index (χ0v) is 11.3. The van der Waals surface area contributed by atoms with Crippen molar-refractivity contribution >= 4 is 5.71 Å². The van der Waals surface area contributed by atoms with Gasteiger partial charge in [-0.3, -0.25) is 0 Å². The van der Waals surface area contributed by atoms with Crippen LogP contribution in [0.1, 0.15) is 59.0 Å². The van der Waals surface area contributed by atoms with Gasteiger partial charge in [0, 0.05) is 19.8 Å². The number of furan rings is 1. The summed E-state index contributed by atoms with van der Waals surface area (Å²) in [6.07, 6.45) is 3.93. The van der Waals surface area contributed by atoms with Gasteiger partial charge in [0.25, 0.3) is 0 Å². The molecule has 0 saturated heterocycles. The molecule has 0 radical (unpaired) electrons. The number of aryl methyl sites for hydroxylation is 1. The van der Waals surface area contributed by atoms with Crippen LogP contribution in [0.4, 0.5) is 0 Å². The smallest absolute Gasteiger partial charge is 0.113 e. The maximum atomic E-state index is 8.88. The molecular formula is C14H25NO2. The van der Waals surface area contributed by atoms with Crippen LogP contribution in [-0.2, 0) is 12.8 Å². The van der Waals surface area contributed by atoms with E-state index in [0.29, 0.717) is 5.92 Å². The van der Waals surface area contributed by atoms with Gasteiger partial charge in [-0.05, 0) is 18.4 Å². The van der Waals surface area contributed by atoms with Crippen LogP contribution in [0.5, 0.6) is 0 Å². The van der Waals surface area contributed by atoms with Crippen LogP contribution in [0.2, 0.25) is 0 Å². The fourth-order valence-corrected chi connectivity index (χ4v) is 1.98. The lowest BCUT2D eigenvalue weighted by Gasteiger charge is -2.17. The zero-order valence-electron chi connectivity index (χ0n) is 11.3. The lowest BCUT2D eigenvalue weighted by Crippen LogP contribution is -2.16. The molecule has 1 aromatic rings. The van der Waals surface area contributed by atoms with Crippen LogP contribution in [0.3, 0.4) is 0 Å². The summed E-state index contributed by atoms with van der Waals surface area (Å²) < 4.78 is 5.67. The first-order chi connectivity index (χ1) is 8.15. The van der Waals surface area contributed by atoms with E-state index in [1.54, 1.807) is 0 Å². The summed E-state index contributed by atoms with van der Waals surface area (Å²) in [5.74, 6) is 2.46. The van der Waals surface area contributed by atoms with Crippen molar-refractivity contribution in [3.05, 3.63) is 23.2 Å². The normalized spacial score (nSPS) is 20.7. The summed E-state index contributed by atoms with van der Waals surface area (Å²) in [6.45, 7) is 8.45. The average Bonchev–Trinajstić information content (AvgIpc) is 2.71. The van der Waals surface area contributed by atoms with Crippen molar-refractivity contribution in [1.29, 1.82) is 0 Å². The lowest BCUT2D eigenvalue weighted by atomic mass is 9.88. The van der Waals surface area contributed by atoms with Crippen LogP contribution < -0.4 is 0 Å². The molecule has 17 heavy (non-hydrogen) atoms. The monoisotopic (exact) mass is 239 g/mol. The predicted octanol–water partition coefficient (Wildman–Crippen LogP) is 4.26. The molecule has 2 rings (SSSR count). The largest absolute Gasteiger partial charge is 0.465 e. The minimum atomic E-state index is 0. The molecule has 0 saturated carbocycles. The Labute approximate surface area is 105 Å². The highest BCUT2D eigenvalue weighted by Crippen LogP contribution is 2.28. The number of oxime groups is 1. The van der Waals surface area contributed by atoms with Gasteiger partial charge in [0.2, 0.25) is 0 Å². The van der Waals surface area contributed by atoms with E-state index in [2.05, 4.69) is 32.9 Å². The molecule has 0 aliphatic heterocycles. The van der Waals surface area contributed by atoms with E-state index in [0.717, 1.165) is 42.1 Å². The Kier molecular flexibility index (Phi) is 5.26. The van der Waals surface area contributed by atoms with Crippen molar-refractivity contribution < 1.29 is 11.1 Å². The fourth-order valence-electron chi connectivity index (χ4n) is 1.98. The Hall–Kier alpha value is -1.25. The fraction of sp³-hybridized carbons (Fsp3) is 0.643. The van der Waals surface area contributed by atoms with Gasteiger partial charge in [0.15, 0.2) is 0 Å². The van der Waals surface area contributed by atoms with Crippen molar-refractivity contribution in [2.45, 2.75) is 53.4 Å². The van der Waals surface area contributed by atoms with Gasteiger partial charge in [-0.15, -0.1) is 0 Å². The highest BCUT2D eigenvalue weighted by molar-refractivity contribution is 6.02. The molecule has 3 heteroatoms. The molecule has 1 N–H and O–H groups in total. The van der Waals surface area contributed by atoms with E-state index in [4.69, 9.17) is 9.62 Å². The highest BCUT2D eigenvalue weighted by atomic mass is 16.4. The summed E-state index contributed by atoms with van der Waals surface area (Å²) in [7, 11) is 0. The molecule has 1 atom stereocenters. The maximum Gasteiger partial charge on any atom is 0.113 e. The molecule has 0 spiro atoms. The topological polar surface area (TPSA) is 45.7 Å². The van der Waals surface area contributed by atoms with Crippen molar-refractivity contribution in [2.24, 2.45) is 11.1 Å². The van der Waals surface area contributed by atoms with Crippen LogP contribution >= 0.6 is 0 Å². The second-order valence-electron chi connectivity index (χ2n) is 4.67. The number of rotatable bonds is 1. The molecule has 1 unspecified atom stereocenters. The van der Waals surface area contributed by atoms with Gasteiger partial charge >= 0.3 is 0 Å². The van der Waals surface area contributed by atoms with Crippen LogP contribution in [0, 0.1) is 5.92 Å². The number of hydrogen-bond acceptors (Lipinski definition) is 3. The minimum absolute atomic E-state index is 0. The van der Waals surface area contributed by atoms with Gasteiger partial charge in [-0.2, -0.15) is 0 Å². The van der Waals surface area contributed by atoms with Crippen LogP contribution in [0.25, 0.3) is 0 Å². The van der Waals surface area contributed by atoms with Gasteiger partial charge in [-0.1, -0.05) is 39.3 Å². The van der Waals surface area contributed by atoms with E-state index in [1.807, 2.05) is 6.07 Å². The molecule has 0 fully saturated rings. The third-order valence-corrected chi connectivity index (χ3v) is 2.72. The highest BCUT2D eigenvalue weighted by Gasteiger charge is 2.25. The van der Waals surface area contributed by atoms with Crippen molar-refractivity contribution in [3.63, 3.8) is 0 Å². The molecule has 1 aromatic heterocycles. The van der Waals surface area contributed by atoms with Crippen molar-refractivity contribution in [1.82, 2.24) is 0 Å². The molecule has 1 aliphatic carbocycles. The Bertz CT molecular complexity index is 385. The first kappa shape index (κ1) is 13.8. The van der Waals surface area contributed by atoms with E-state index in [1.165, 1.54) is 6.42 Å². The Morgan fingerprint density at radius 2 is 2.06 bits per heavy atom. The molecule has 3 nitrogen and oxygen atoms in total. The van der Waals surface area contributed by atoms with Gasteiger partial charge < -0.3 is 9.62 Å². The molecule has 0 bridgehead atoms. The lowest BCUT2D eigenvalue weighted by molar-refractivity contribution is 0.315. The number of hydrogen-bond donors (Lipinski definition) is 1. The molecule has 98 valence electrons. The summed E-state index contributed by atoms with van der Waals surface area (Å²) in [5.41, 5.74) is 1.77. The van der Waals surface area contributed by atoms with E-state index in [9.17, 15) is 0 Å². The first-order valence-corrected chi connectivity index (χ1v) is 6.49. The minimum Gasteiger partial charge on any atom is -0.465 e. The molecular weight excluding hydrogens is 214 g/mol. The third-order valence-electron chi connectivity index (χ3n) is 2.72.